The summed E-state index contributed by atoms with van der Waals surface area (Å²) >= 11 is 0. The van der Waals surface area contributed by atoms with Gasteiger partial charge in [0, 0.05) is 16.7 Å². The second-order valence-electron chi connectivity index (χ2n) is 5.52. The number of hydrogen-bond acceptors (Lipinski definition) is 3. The average molecular weight is 317 g/mol. The normalized spacial score (nSPS) is 10.2. The summed E-state index contributed by atoms with van der Waals surface area (Å²) in [7, 11) is 5.79. The van der Waals surface area contributed by atoms with Crippen LogP contribution >= 0.6 is 0 Å². The van der Waals surface area contributed by atoms with E-state index >= 15 is 0 Å². The fourth-order valence-corrected chi connectivity index (χ4v) is 2.47. The van der Waals surface area contributed by atoms with Crippen molar-refractivity contribution >= 4 is 13.3 Å². The fourth-order valence-electron chi connectivity index (χ4n) is 2.47. The van der Waals surface area contributed by atoms with Gasteiger partial charge >= 0.3 is 0 Å². The molecule has 0 aliphatic carbocycles. The molecule has 114 valence electrons. The lowest BCUT2D eigenvalue weighted by Crippen LogP contribution is -2.02. The predicted octanol–water partition coefficient (Wildman–Crippen LogP) is 3.27. The van der Waals surface area contributed by atoms with Crippen LogP contribution in [0.4, 0.5) is 0 Å². The quantitative estimate of drug-likeness (QED) is 0.544. The summed E-state index contributed by atoms with van der Waals surface area (Å²) in [6.45, 7) is 0. The number of hydrogen-bond donors (Lipinski definition) is 0. The van der Waals surface area contributed by atoms with E-state index in [0.29, 0.717) is 22.9 Å². The van der Waals surface area contributed by atoms with Gasteiger partial charge in [-0.1, -0.05) is 72.2 Å². The molecular formula is C21H12BN3. The van der Waals surface area contributed by atoms with Crippen molar-refractivity contribution in [2.45, 2.75) is 0 Å². The Kier molecular flexibility index (Phi) is 3.98. The van der Waals surface area contributed by atoms with E-state index in [1.165, 1.54) is 0 Å². The molecule has 0 atom stereocenters. The molecule has 25 heavy (non-hydrogen) atoms. The minimum atomic E-state index is 0.603. The third-order valence-corrected chi connectivity index (χ3v) is 3.75. The zero-order valence-corrected chi connectivity index (χ0v) is 13.3. The van der Waals surface area contributed by atoms with Crippen molar-refractivity contribution < 1.29 is 0 Å². The Morgan fingerprint density at radius 3 is 1.80 bits per heavy atom. The molecule has 4 aromatic rings. The third kappa shape index (κ3) is 3.27. The van der Waals surface area contributed by atoms with Gasteiger partial charge in [-0.15, -0.1) is 0 Å². The number of benzene rings is 2. The molecule has 1 aromatic heterocycles. The molecule has 4 heteroatoms. The van der Waals surface area contributed by atoms with Gasteiger partial charge in [0.05, 0.1) is 0 Å². The zero-order valence-electron chi connectivity index (χ0n) is 13.3. The molecule has 0 aliphatic heterocycles. The largest absolute Gasteiger partial charge is 0.208 e. The van der Waals surface area contributed by atoms with Gasteiger partial charge in [-0.05, 0) is 18.2 Å². The molecule has 0 bridgehead atoms. The second kappa shape index (κ2) is 6.58. The van der Waals surface area contributed by atoms with Crippen molar-refractivity contribution in [3.8, 4) is 34.2 Å². The topological polar surface area (TPSA) is 38.7 Å². The maximum Gasteiger partial charge on any atom is 0.164 e. The molecule has 1 heterocycles. The van der Waals surface area contributed by atoms with Crippen LogP contribution in [0.2, 0.25) is 0 Å². The summed E-state index contributed by atoms with van der Waals surface area (Å²) in [6.07, 6.45) is 0. The van der Waals surface area contributed by atoms with Gasteiger partial charge in [-0.2, -0.15) is 0 Å². The minimum Gasteiger partial charge on any atom is -0.208 e. The Balaban J connectivity index is 1.90. The molecule has 0 amide bonds. The summed E-state index contributed by atoms with van der Waals surface area (Å²) in [6, 6.07) is 28.7. The van der Waals surface area contributed by atoms with Gasteiger partial charge in [0.2, 0.25) is 0 Å². The van der Waals surface area contributed by atoms with Crippen molar-refractivity contribution in [1.82, 2.24) is 15.0 Å². The van der Waals surface area contributed by atoms with Crippen LogP contribution in [-0.2, 0) is 0 Å². The Bertz CT molecular complexity index is 927. The molecule has 0 saturated heterocycles. The first-order valence-corrected chi connectivity index (χ1v) is 7.85. The molecule has 0 fully saturated rings. The summed E-state index contributed by atoms with van der Waals surface area (Å²) in [5, 5.41) is 0. The molecule has 0 unspecified atom stereocenters. The molecule has 0 aliphatic rings. The summed E-state index contributed by atoms with van der Waals surface area (Å²) in [5.74, 6) is 1.84. The summed E-state index contributed by atoms with van der Waals surface area (Å²) in [5.41, 5.74) is 3.40. The highest BCUT2D eigenvalue weighted by atomic mass is 15.0. The van der Waals surface area contributed by atoms with E-state index in [2.05, 4.69) is 27.1 Å². The summed E-state index contributed by atoms with van der Waals surface area (Å²) in [4.78, 5) is 13.9. The van der Waals surface area contributed by atoms with Crippen molar-refractivity contribution in [3.05, 3.63) is 84.9 Å². The lowest BCUT2D eigenvalue weighted by molar-refractivity contribution is 1.07. The molecule has 3 nitrogen and oxygen atoms in total. The van der Waals surface area contributed by atoms with E-state index in [-0.39, 0.29) is 0 Å². The van der Waals surface area contributed by atoms with Crippen LogP contribution in [0.5, 0.6) is 0 Å². The van der Waals surface area contributed by atoms with Gasteiger partial charge < -0.3 is 0 Å². The molecule has 4 rings (SSSR count). The highest BCUT2D eigenvalue weighted by Crippen LogP contribution is 2.23. The Morgan fingerprint density at radius 1 is 0.600 bits per heavy atom. The number of aromatic nitrogens is 3. The van der Waals surface area contributed by atoms with Gasteiger partial charge in [-0.25, -0.2) is 15.0 Å². The lowest BCUT2D eigenvalue weighted by Gasteiger charge is -2.08. The zero-order chi connectivity index (χ0) is 17.1. The van der Waals surface area contributed by atoms with Crippen LogP contribution in [0.25, 0.3) is 34.2 Å². The summed E-state index contributed by atoms with van der Waals surface area (Å²) < 4.78 is 0. The van der Waals surface area contributed by atoms with E-state index in [4.69, 9.17) is 7.85 Å². The van der Waals surface area contributed by atoms with Crippen molar-refractivity contribution in [1.29, 1.82) is 0 Å². The smallest absolute Gasteiger partial charge is 0.164 e. The fraction of sp³-hybridized carbons (Fsp3) is 0. The van der Waals surface area contributed by atoms with Crippen LogP contribution in [0.15, 0.2) is 72.8 Å². The van der Waals surface area contributed by atoms with E-state index < -0.39 is 0 Å². The Labute approximate surface area is 147 Å². The van der Waals surface area contributed by atoms with Crippen molar-refractivity contribution in [2.75, 3.05) is 0 Å². The van der Waals surface area contributed by atoms with Gasteiger partial charge in [0.15, 0.2) is 17.5 Å². The molecule has 0 N–H and O–H groups in total. The standard InChI is InChI=1S/C21H12BN3/c22-18-13-11-17(12-14-18)21-24-19(15-7-3-1-4-8-15)23-20(25-21)16-9-5-2-6-10-16/h1,3-5,7-14H. The highest BCUT2D eigenvalue weighted by Gasteiger charge is 2.11. The van der Waals surface area contributed by atoms with Crippen LogP contribution in [0, 0.1) is 12.1 Å². The maximum atomic E-state index is 5.79. The van der Waals surface area contributed by atoms with Crippen LogP contribution < -0.4 is 5.46 Å². The lowest BCUT2D eigenvalue weighted by atomic mass is 9.95. The Morgan fingerprint density at radius 2 is 1.20 bits per heavy atom. The SMILES string of the molecule is [B]c1ccc(-c2nc(-c3cc#ccc3)nc(-c3ccccc3)n2)cc1. The first-order chi connectivity index (χ1) is 12.3. The van der Waals surface area contributed by atoms with E-state index in [1.807, 2.05) is 66.7 Å². The van der Waals surface area contributed by atoms with Crippen molar-refractivity contribution in [2.24, 2.45) is 0 Å². The van der Waals surface area contributed by atoms with Crippen LogP contribution in [-0.4, -0.2) is 22.8 Å². The van der Waals surface area contributed by atoms with Gasteiger partial charge in [-0.3, -0.25) is 0 Å². The number of rotatable bonds is 3. The van der Waals surface area contributed by atoms with Gasteiger partial charge in [0.25, 0.3) is 0 Å². The molecule has 0 saturated carbocycles. The van der Waals surface area contributed by atoms with E-state index in [1.54, 1.807) is 6.07 Å². The molecular weight excluding hydrogens is 305 g/mol. The maximum absolute atomic E-state index is 5.79. The molecule has 2 radical (unpaired) electrons. The van der Waals surface area contributed by atoms with E-state index in [0.717, 1.165) is 16.7 Å². The monoisotopic (exact) mass is 317 g/mol. The first-order valence-electron chi connectivity index (χ1n) is 7.85. The van der Waals surface area contributed by atoms with Crippen molar-refractivity contribution in [3.63, 3.8) is 0 Å². The third-order valence-electron chi connectivity index (χ3n) is 3.75. The minimum absolute atomic E-state index is 0.603. The molecule has 0 spiro atoms. The van der Waals surface area contributed by atoms with Gasteiger partial charge in [0.1, 0.15) is 7.85 Å². The highest BCUT2D eigenvalue weighted by molar-refractivity contribution is 6.32. The van der Waals surface area contributed by atoms with Crippen LogP contribution in [0.1, 0.15) is 0 Å². The van der Waals surface area contributed by atoms with E-state index in [9.17, 15) is 0 Å². The first kappa shape index (κ1) is 15.1. The molecule has 3 aromatic carbocycles. The average Bonchev–Trinajstić information content (AvgIpc) is 2.69. The van der Waals surface area contributed by atoms with Crippen LogP contribution in [0.3, 0.4) is 0 Å². The second-order valence-corrected chi connectivity index (χ2v) is 5.52. The predicted molar refractivity (Wildman–Crippen MR) is 99.2 cm³/mol. The Hall–Kier alpha value is -3.45. The number of nitrogens with zero attached hydrogens (tertiary/aromatic N) is 3.